The molecule has 0 aliphatic heterocycles. The molecule has 0 radical (unpaired) electrons. The second-order valence-corrected chi connectivity index (χ2v) is 8.56. The van der Waals surface area contributed by atoms with Crippen LogP contribution in [0.15, 0.2) is 64.3 Å². The molecule has 0 unspecified atom stereocenters. The van der Waals surface area contributed by atoms with Crippen molar-refractivity contribution in [3.8, 4) is 0 Å². The molecule has 0 bridgehead atoms. The number of aryl methyl sites for hydroxylation is 1. The van der Waals surface area contributed by atoms with Crippen molar-refractivity contribution in [1.82, 2.24) is 14.3 Å². The van der Waals surface area contributed by atoms with E-state index in [1.807, 2.05) is 0 Å². The van der Waals surface area contributed by atoms with Gasteiger partial charge < -0.3 is 10.1 Å². The molecule has 2 aromatic heterocycles. The lowest BCUT2D eigenvalue weighted by atomic mass is 10.1. The molecule has 0 saturated carbocycles. The average molecular weight is 482 g/mol. The Balaban J connectivity index is 1.68. The molecule has 10 heteroatoms. The maximum Gasteiger partial charge on any atom is 0.338 e. The summed E-state index contributed by atoms with van der Waals surface area (Å²) in [5.74, 6) is -1.43. The highest BCUT2D eigenvalue weighted by molar-refractivity contribution is 7.19. The highest BCUT2D eigenvalue weighted by atomic mass is 32.1. The SMILES string of the molecule is COC(=O)c1ccccc1Cn1c(=O)c(C)c2sc(C(=O)NCc3cccc(F)c3)cn2c1=O. The van der Waals surface area contributed by atoms with Crippen LogP contribution in [-0.4, -0.2) is 28.0 Å². The Hall–Kier alpha value is -4.05. The maximum atomic E-state index is 13.4. The Labute approximate surface area is 196 Å². The fraction of sp³-hybridized carbons (Fsp3) is 0.167. The number of rotatable bonds is 6. The van der Waals surface area contributed by atoms with Crippen molar-refractivity contribution in [3.05, 3.63) is 109 Å². The van der Waals surface area contributed by atoms with E-state index in [-0.39, 0.29) is 23.5 Å². The van der Waals surface area contributed by atoms with E-state index < -0.39 is 28.9 Å². The van der Waals surface area contributed by atoms with Gasteiger partial charge in [-0.3, -0.25) is 18.6 Å². The molecule has 34 heavy (non-hydrogen) atoms. The number of halogens is 1. The summed E-state index contributed by atoms with van der Waals surface area (Å²) in [6, 6.07) is 12.4. The zero-order valence-electron chi connectivity index (χ0n) is 18.3. The molecule has 0 spiro atoms. The predicted molar refractivity (Wildman–Crippen MR) is 125 cm³/mol. The van der Waals surface area contributed by atoms with E-state index in [0.717, 1.165) is 15.9 Å². The lowest BCUT2D eigenvalue weighted by Gasteiger charge is -2.10. The standard InChI is InChI=1S/C24H20FN3O5S/c1-14-21(30)27(12-16-7-3-4-9-18(16)23(31)33-2)24(32)28-13-19(34-22(14)28)20(29)26-11-15-6-5-8-17(25)10-15/h3-10,13H,11-12H2,1-2H3,(H,26,29). The Morgan fingerprint density at radius 2 is 1.88 bits per heavy atom. The minimum Gasteiger partial charge on any atom is -0.465 e. The van der Waals surface area contributed by atoms with E-state index in [4.69, 9.17) is 4.74 Å². The molecule has 2 heterocycles. The maximum absolute atomic E-state index is 13.4. The van der Waals surface area contributed by atoms with Crippen LogP contribution in [0.1, 0.15) is 36.7 Å². The van der Waals surface area contributed by atoms with Crippen molar-refractivity contribution in [3.63, 3.8) is 0 Å². The number of carbonyl (C=O) groups is 2. The van der Waals surface area contributed by atoms with Crippen LogP contribution in [0.3, 0.4) is 0 Å². The van der Waals surface area contributed by atoms with Crippen molar-refractivity contribution in [2.75, 3.05) is 7.11 Å². The highest BCUT2D eigenvalue weighted by Gasteiger charge is 2.19. The molecule has 2 aromatic carbocycles. The largest absolute Gasteiger partial charge is 0.465 e. The lowest BCUT2D eigenvalue weighted by molar-refractivity contribution is 0.0599. The van der Waals surface area contributed by atoms with E-state index in [9.17, 15) is 23.6 Å². The van der Waals surface area contributed by atoms with Crippen molar-refractivity contribution >= 4 is 28.0 Å². The number of hydrogen-bond donors (Lipinski definition) is 1. The number of fused-ring (bicyclic) bond motifs is 1. The summed E-state index contributed by atoms with van der Waals surface area (Å²) >= 11 is 1.01. The molecule has 174 valence electrons. The van der Waals surface area contributed by atoms with Crippen LogP contribution in [0, 0.1) is 12.7 Å². The van der Waals surface area contributed by atoms with Crippen LogP contribution < -0.4 is 16.6 Å². The number of benzene rings is 2. The van der Waals surface area contributed by atoms with Gasteiger partial charge in [-0.2, -0.15) is 0 Å². The van der Waals surface area contributed by atoms with Gasteiger partial charge in [-0.25, -0.2) is 14.0 Å². The first-order chi connectivity index (χ1) is 16.3. The van der Waals surface area contributed by atoms with Gasteiger partial charge in [0, 0.05) is 18.3 Å². The summed E-state index contributed by atoms with van der Waals surface area (Å²) in [6.07, 6.45) is 1.37. The van der Waals surface area contributed by atoms with E-state index in [2.05, 4.69) is 5.32 Å². The lowest BCUT2D eigenvalue weighted by Crippen LogP contribution is -2.38. The van der Waals surface area contributed by atoms with Crippen LogP contribution in [0.25, 0.3) is 4.83 Å². The molecule has 1 N–H and O–H groups in total. The van der Waals surface area contributed by atoms with Gasteiger partial charge in [0.15, 0.2) is 0 Å². The number of aromatic nitrogens is 2. The fourth-order valence-electron chi connectivity index (χ4n) is 3.56. The molecule has 0 atom stereocenters. The van der Waals surface area contributed by atoms with Gasteiger partial charge in [0.25, 0.3) is 11.5 Å². The number of methoxy groups -OCH3 is 1. The number of carbonyl (C=O) groups excluding carboxylic acids is 2. The van der Waals surface area contributed by atoms with Gasteiger partial charge in [-0.1, -0.05) is 30.3 Å². The first-order valence-corrected chi connectivity index (χ1v) is 11.1. The molecule has 4 rings (SSSR count). The normalized spacial score (nSPS) is 10.9. The van der Waals surface area contributed by atoms with Crippen LogP contribution >= 0.6 is 11.3 Å². The number of nitrogens with zero attached hydrogens (tertiary/aromatic N) is 2. The topological polar surface area (TPSA) is 98.9 Å². The Morgan fingerprint density at radius 3 is 2.62 bits per heavy atom. The van der Waals surface area contributed by atoms with Gasteiger partial charge in [0.05, 0.1) is 19.2 Å². The number of amides is 1. The first kappa shape index (κ1) is 23.1. The molecule has 0 aliphatic rings. The summed E-state index contributed by atoms with van der Waals surface area (Å²) in [4.78, 5) is 51.5. The van der Waals surface area contributed by atoms with Crippen molar-refractivity contribution < 1.29 is 18.7 Å². The van der Waals surface area contributed by atoms with Crippen molar-refractivity contribution in [2.24, 2.45) is 0 Å². The van der Waals surface area contributed by atoms with E-state index in [0.29, 0.717) is 21.5 Å². The monoisotopic (exact) mass is 481 g/mol. The second kappa shape index (κ2) is 9.44. The quantitative estimate of drug-likeness (QED) is 0.427. The van der Waals surface area contributed by atoms with Crippen LogP contribution in [0.5, 0.6) is 0 Å². The smallest absolute Gasteiger partial charge is 0.338 e. The molecule has 0 aliphatic carbocycles. The number of thiazole rings is 1. The van der Waals surface area contributed by atoms with Crippen LogP contribution in [0.4, 0.5) is 4.39 Å². The summed E-state index contributed by atoms with van der Waals surface area (Å²) in [7, 11) is 1.25. The third-order valence-corrected chi connectivity index (χ3v) is 6.52. The zero-order valence-corrected chi connectivity index (χ0v) is 19.1. The molecule has 0 saturated heterocycles. The summed E-state index contributed by atoms with van der Waals surface area (Å²) < 4.78 is 20.4. The molecule has 8 nitrogen and oxygen atoms in total. The van der Waals surface area contributed by atoms with E-state index in [1.165, 1.54) is 29.8 Å². The van der Waals surface area contributed by atoms with Gasteiger partial charge >= 0.3 is 11.7 Å². The minimum absolute atomic E-state index is 0.107. The number of ether oxygens (including phenoxy) is 1. The third kappa shape index (κ3) is 4.40. The molecular weight excluding hydrogens is 461 g/mol. The molecular formula is C24H20FN3O5S. The van der Waals surface area contributed by atoms with Crippen molar-refractivity contribution in [2.45, 2.75) is 20.0 Å². The average Bonchev–Trinajstić information content (AvgIpc) is 3.30. The number of nitrogens with one attached hydrogen (secondary N) is 1. The van der Waals surface area contributed by atoms with E-state index >= 15 is 0 Å². The summed E-state index contributed by atoms with van der Waals surface area (Å²) in [5, 5.41) is 2.69. The summed E-state index contributed by atoms with van der Waals surface area (Å²) in [5.41, 5.74) is 0.443. The fourth-order valence-corrected chi connectivity index (χ4v) is 4.56. The second-order valence-electron chi connectivity index (χ2n) is 7.53. The van der Waals surface area contributed by atoms with Crippen molar-refractivity contribution in [1.29, 1.82) is 0 Å². The van der Waals surface area contributed by atoms with Gasteiger partial charge in [-0.05, 0) is 36.2 Å². The molecule has 0 fully saturated rings. The number of esters is 1. The zero-order chi connectivity index (χ0) is 24.4. The Bertz CT molecular complexity index is 1540. The predicted octanol–water partition coefficient (Wildman–Crippen LogP) is 2.74. The summed E-state index contributed by atoms with van der Waals surface area (Å²) in [6.45, 7) is 1.55. The van der Waals surface area contributed by atoms with Crippen LogP contribution in [0.2, 0.25) is 0 Å². The van der Waals surface area contributed by atoms with Gasteiger partial charge in [0.1, 0.15) is 15.5 Å². The highest BCUT2D eigenvalue weighted by Crippen LogP contribution is 2.19. The molecule has 4 aromatic rings. The number of hydrogen-bond acceptors (Lipinski definition) is 6. The van der Waals surface area contributed by atoms with E-state index in [1.54, 1.807) is 43.3 Å². The minimum atomic E-state index is -0.634. The third-order valence-electron chi connectivity index (χ3n) is 5.31. The Morgan fingerprint density at radius 1 is 1.12 bits per heavy atom. The van der Waals surface area contributed by atoms with Gasteiger partial charge in [-0.15, -0.1) is 11.3 Å². The van der Waals surface area contributed by atoms with Gasteiger partial charge in [0.2, 0.25) is 0 Å². The Kier molecular flexibility index (Phi) is 6.42. The molecule has 1 amide bonds. The first-order valence-electron chi connectivity index (χ1n) is 10.2. The van der Waals surface area contributed by atoms with Crippen LogP contribution in [-0.2, 0) is 17.8 Å².